The molecular weight excluding hydrogens is 393 g/mol. The van der Waals surface area contributed by atoms with E-state index in [0.29, 0.717) is 54.6 Å². The third kappa shape index (κ3) is 3.71. The number of hydrogen-bond donors (Lipinski definition) is 0. The molecule has 1 saturated heterocycles. The monoisotopic (exact) mass is 411 g/mol. The zero-order valence-electron chi connectivity index (χ0n) is 16.1. The minimum Gasteiger partial charge on any atom is -0.360 e. The maximum absolute atomic E-state index is 13.2. The Balaban J connectivity index is 1.48. The van der Waals surface area contributed by atoms with Gasteiger partial charge in [-0.2, -0.15) is 0 Å². The third-order valence-electron chi connectivity index (χ3n) is 5.03. The van der Waals surface area contributed by atoms with E-state index in [-0.39, 0.29) is 17.4 Å². The van der Waals surface area contributed by atoms with E-state index in [4.69, 9.17) is 4.52 Å². The predicted molar refractivity (Wildman–Crippen MR) is 106 cm³/mol. The Bertz CT molecular complexity index is 1070. The van der Waals surface area contributed by atoms with E-state index in [9.17, 15) is 19.3 Å². The van der Waals surface area contributed by atoms with E-state index in [2.05, 4.69) is 10.1 Å². The second-order valence-corrected chi connectivity index (χ2v) is 6.88. The first kappa shape index (κ1) is 19.5. The van der Waals surface area contributed by atoms with Crippen LogP contribution >= 0.6 is 0 Å². The summed E-state index contributed by atoms with van der Waals surface area (Å²) in [7, 11) is 0. The Morgan fingerprint density at radius 3 is 2.43 bits per heavy atom. The second-order valence-electron chi connectivity index (χ2n) is 6.88. The van der Waals surface area contributed by atoms with E-state index in [0.717, 1.165) is 0 Å². The lowest BCUT2D eigenvalue weighted by molar-refractivity contribution is -0.385. The van der Waals surface area contributed by atoms with E-state index < -0.39 is 4.92 Å². The van der Waals surface area contributed by atoms with Crippen LogP contribution in [0.1, 0.15) is 16.1 Å². The lowest BCUT2D eigenvalue weighted by Gasteiger charge is -2.35. The summed E-state index contributed by atoms with van der Waals surface area (Å²) in [5.74, 6) is 0.451. The molecule has 154 valence electrons. The molecule has 0 N–H and O–H groups in total. The molecule has 9 nitrogen and oxygen atoms in total. The number of pyridine rings is 1. The van der Waals surface area contributed by atoms with Crippen molar-refractivity contribution in [1.82, 2.24) is 15.0 Å². The van der Waals surface area contributed by atoms with Gasteiger partial charge in [0.15, 0.2) is 0 Å². The summed E-state index contributed by atoms with van der Waals surface area (Å²) < 4.78 is 18.5. The number of nitrogens with zero attached hydrogens (tertiary/aromatic N) is 5. The van der Waals surface area contributed by atoms with Gasteiger partial charge in [0.2, 0.25) is 0 Å². The highest BCUT2D eigenvalue weighted by molar-refractivity contribution is 6.00. The number of amides is 1. The van der Waals surface area contributed by atoms with Crippen LogP contribution < -0.4 is 4.90 Å². The number of halogens is 1. The van der Waals surface area contributed by atoms with Crippen molar-refractivity contribution in [3.8, 4) is 11.3 Å². The minimum atomic E-state index is -0.493. The number of aromatic nitrogens is 2. The molecule has 0 unspecified atom stereocenters. The molecule has 0 saturated carbocycles. The quantitative estimate of drug-likeness (QED) is 0.480. The zero-order chi connectivity index (χ0) is 21.3. The Morgan fingerprint density at radius 2 is 1.83 bits per heavy atom. The van der Waals surface area contributed by atoms with Gasteiger partial charge in [0, 0.05) is 37.8 Å². The van der Waals surface area contributed by atoms with Crippen molar-refractivity contribution >= 4 is 17.4 Å². The first-order chi connectivity index (χ1) is 14.4. The second kappa shape index (κ2) is 7.90. The van der Waals surface area contributed by atoms with Crippen molar-refractivity contribution < 1.29 is 18.6 Å². The van der Waals surface area contributed by atoms with Crippen molar-refractivity contribution in [2.75, 3.05) is 31.1 Å². The van der Waals surface area contributed by atoms with Gasteiger partial charge in [-0.25, -0.2) is 9.37 Å². The molecule has 4 rings (SSSR count). The maximum atomic E-state index is 13.2. The summed E-state index contributed by atoms with van der Waals surface area (Å²) in [5, 5.41) is 14.8. The van der Waals surface area contributed by atoms with Gasteiger partial charge in [-0.05, 0) is 37.3 Å². The maximum Gasteiger partial charge on any atom is 0.287 e. The van der Waals surface area contributed by atoms with Gasteiger partial charge in [0.05, 0.1) is 4.92 Å². The number of nitro groups is 1. The van der Waals surface area contributed by atoms with Crippen molar-refractivity contribution in [3.05, 3.63) is 69.9 Å². The van der Waals surface area contributed by atoms with Crippen LogP contribution in [0, 0.1) is 22.9 Å². The Hall–Kier alpha value is -3.82. The van der Waals surface area contributed by atoms with Gasteiger partial charge < -0.3 is 14.3 Å². The molecular formula is C20H18FN5O4. The summed E-state index contributed by atoms with van der Waals surface area (Å²) in [5.41, 5.74) is 1.29. The average Bonchev–Trinajstić information content (AvgIpc) is 3.15. The van der Waals surface area contributed by atoms with E-state index >= 15 is 0 Å². The largest absolute Gasteiger partial charge is 0.360 e. The number of benzene rings is 1. The van der Waals surface area contributed by atoms with Gasteiger partial charge in [-0.1, -0.05) is 5.16 Å². The molecule has 30 heavy (non-hydrogen) atoms. The summed E-state index contributed by atoms with van der Waals surface area (Å²) in [6.45, 7) is 3.64. The molecule has 10 heteroatoms. The van der Waals surface area contributed by atoms with Crippen molar-refractivity contribution in [1.29, 1.82) is 0 Å². The molecule has 3 aromatic rings. The first-order valence-corrected chi connectivity index (χ1v) is 9.31. The number of carbonyl (C=O) groups excluding carboxylic acids is 1. The van der Waals surface area contributed by atoms with E-state index in [1.54, 1.807) is 30.0 Å². The molecule has 1 aliphatic rings. The topological polar surface area (TPSA) is 106 Å². The fourth-order valence-electron chi connectivity index (χ4n) is 3.40. The molecule has 0 aliphatic carbocycles. The van der Waals surface area contributed by atoms with E-state index in [1.165, 1.54) is 24.4 Å². The third-order valence-corrected chi connectivity index (χ3v) is 5.03. The lowest BCUT2D eigenvalue weighted by Crippen LogP contribution is -2.49. The highest BCUT2D eigenvalue weighted by Gasteiger charge is 2.29. The van der Waals surface area contributed by atoms with E-state index in [1.807, 2.05) is 4.90 Å². The summed E-state index contributed by atoms with van der Waals surface area (Å²) in [6, 6.07) is 8.75. The molecule has 3 heterocycles. The smallest absolute Gasteiger partial charge is 0.287 e. The zero-order valence-corrected chi connectivity index (χ0v) is 16.1. The molecule has 1 amide bonds. The van der Waals surface area contributed by atoms with Gasteiger partial charge in [-0.3, -0.25) is 14.9 Å². The minimum absolute atomic E-state index is 0.0659. The molecule has 1 fully saturated rings. The number of anilines is 1. The van der Waals surface area contributed by atoms with Crippen LogP contribution in [0.4, 0.5) is 15.9 Å². The number of aryl methyl sites for hydroxylation is 1. The van der Waals surface area contributed by atoms with Crippen molar-refractivity contribution in [2.45, 2.75) is 6.92 Å². The Morgan fingerprint density at radius 1 is 1.13 bits per heavy atom. The average molecular weight is 411 g/mol. The van der Waals surface area contributed by atoms with Crippen LogP contribution in [-0.4, -0.2) is 52.1 Å². The molecule has 0 radical (unpaired) electrons. The normalized spacial score (nSPS) is 14.1. The first-order valence-electron chi connectivity index (χ1n) is 9.31. The highest BCUT2D eigenvalue weighted by atomic mass is 19.1. The Labute approximate surface area is 170 Å². The van der Waals surface area contributed by atoms with Crippen LogP contribution in [0.5, 0.6) is 0 Å². The van der Waals surface area contributed by atoms with Crippen LogP contribution in [-0.2, 0) is 0 Å². The van der Waals surface area contributed by atoms with Gasteiger partial charge in [-0.15, -0.1) is 0 Å². The molecule has 0 bridgehead atoms. The van der Waals surface area contributed by atoms with Gasteiger partial charge >= 0.3 is 0 Å². The molecule has 2 aromatic heterocycles. The SMILES string of the molecule is Cc1onc(-c2ccc(F)cc2)c1C(=O)N1CCN(c2ccc([N+](=O)[O-])cn2)CC1. The Kier molecular flexibility index (Phi) is 5.13. The van der Waals surface area contributed by atoms with Crippen LogP contribution in [0.25, 0.3) is 11.3 Å². The molecule has 0 spiro atoms. The lowest BCUT2D eigenvalue weighted by atomic mass is 10.0. The van der Waals surface area contributed by atoms with Crippen LogP contribution in [0.15, 0.2) is 47.1 Å². The molecule has 1 aliphatic heterocycles. The van der Waals surface area contributed by atoms with Gasteiger partial charge in [0.1, 0.15) is 34.8 Å². The number of rotatable bonds is 4. The van der Waals surface area contributed by atoms with Gasteiger partial charge in [0.25, 0.3) is 11.6 Å². The van der Waals surface area contributed by atoms with Crippen molar-refractivity contribution in [2.24, 2.45) is 0 Å². The predicted octanol–water partition coefficient (Wildman–Crippen LogP) is 3.05. The number of piperazine rings is 1. The standard InChI is InChI=1S/C20H18FN5O4/c1-13-18(19(23-30-13)14-2-4-15(21)5-3-14)20(27)25-10-8-24(9-11-25)17-7-6-16(12-22-17)26(28)29/h2-7,12H,8-11H2,1H3. The summed E-state index contributed by atoms with van der Waals surface area (Å²) in [4.78, 5) is 31.2. The summed E-state index contributed by atoms with van der Waals surface area (Å²) in [6.07, 6.45) is 1.22. The molecule has 0 atom stereocenters. The molecule has 1 aromatic carbocycles. The fraction of sp³-hybridized carbons (Fsp3) is 0.250. The summed E-state index contributed by atoms with van der Waals surface area (Å²) >= 11 is 0. The number of hydrogen-bond acceptors (Lipinski definition) is 7. The van der Waals surface area contributed by atoms with Crippen molar-refractivity contribution in [3.63, 3.8) is 0 Å². The van der Waals surface area contributed by atoms with Crippen LogP contribution in [0.2, 0.25) is 0 Å². The highest BCUT2D eigenvalue weighted by Crippen LogP contribution is 2.27. The number of carbonyl (C=O) groups is 1. The fourth-order valence-corrected chi connectivity index (χ4v) is 3.40. The van der Waals surface area contributed by atoms with Crippen LogP contribution in [0.3, 0.4) is 0 Å².